The number of halogens is 1. The second kappa shape index (κ2) is 5.44. The van der Waals surface area contributed by atoms with Crippen LogP contribution in [0.3, 0.4) is 0 Å². The number of carbonyl (C=O) groups excluding carboxylic acids is 1. The molecule has 2 rings (SSSR count). The Kier molecular flexibility index (Phi) is 3.90. The summed E-state index contributed by atoms with van der Waals surface area (Å²) in [6.45, 7) is 6.82. The number of hydrogen-bond donors (Lipinski definition) is 1. The first-order valence-electron chi connectivity index (χ1n) is 6.03. The van der Waals surface area contributed by atoms with E-state index >= 15 is 0 Å². The summed E-state index contributed by atoms with van der Waals surface area (Å²) in [6.07, 6.45) is 3.68. The second-order valence-corrected chi connectivity index (χ2v) is 4.71. The molecule has 0 saturated carbocycles. The van der Waals surface area contributed by atoms with Crippen molar-refractivity contribution in [2.75, 3.05) is 5.32 Å². The highest BCUT2D eigenvalue weighted by Gasteiger charge is 2.10. The molecule has 1 N–H and O–H groups in total. The van der Waals surface area contributed by atoms with Gasteiger partial charge in [0.05, 0.1) is 12.2 Å². The van der Waals surface area contributed by atoms with Crippen molar-refractivity contribution < 1.29 is 4.79 Å². The Bertz CT molecular complexity index is 601. The highest BCUT2D eigenvalue weighted by Crippen LogP contribution is 2.20. The predicted molar refractivity (Wildman–Crippen MR) is 73.3 cm³/mol. The molecule has 1 amide bonds. The highest BCUT2D eigenvalue weighted by atomic mass is 35.5. The van der Waals surface area contributed by atoms with Crippen molar-refractivity contribution in [2.45, 2.75) is 33.9 Å². The number of carbonyl (C=O) groups is 1. The standard InChI is InChI=1S/C12H16ClN5O/c1-4-17-5-10(8(2)15-17)6-18-7-11(13)12(16-18)14-9(3)19/h5,7H,4,6H2,1-3H3,(H,14,16,19). The van der Waals surface area contributed by atoms with Crippen molar-refractivity contribution in [3.05, 3.63) is 28.7 Å². The van der Waals surface area contributed by atoms with Gasteiger partial charge in [-0.25, -0.2) is 0 Å². The van der Waals surface area contributed by atoms with Crippen LogP contribution in [0.2, 0.25) is 5.02 Å². The van der Waals surface area contributed by atoms with Crippen LogP contribution in [0.4, 0.5) is 5.82 Å². The van der Waals surface area contributed by atoms with Gasteiger partial charge in [-0.05, 0) is 13.8 Å². The van der Waals surface area contributed by atoms with E-state index in [9.17, 15) is 4.79 Å². The molecule has 0 fully saturated rings. The van der Waals surface area contributed by atoms with Crippen molar-refractivity contribution in [3.8, 4) is 0 Å². The fourth-order valence-corrected chi connectivity index (χ4v) is 1.98. The molecule has 0 aliphatic heterocycles. The third kappa shape index (κ3) is 3.14. The third-order valence-electron chi connectivity index (χ3n) is 2.72. The van der Waals surface area contributed by atoms with Crippen LogP contribution in [0.5, 0.6) is 0 Å². The Morgan fingerprint density at radius 2 is 2.11 bits per heavy atom. The SMILES string of the molecule is CCn1cc(Cn2cc(Cl)c(NC(C)=O)n2)c(C)n1. The van der Waals surface area contributed by atoms with Gasteiger partial charge >= 0.3 is 0 Å². The Labute approximate surface area is 116 Å². The van der Waals surface area contributed by atoms with Gasteiger partial charge in [0.1, 0.15) is 5.02 Å². The molecule has 6 nitrogen and oxygen atoms in total. The molecular formula is C12H16ClN5O. The van der Waals surface area contributed by atoms with Gasteiger partial charge < -0.3 is 5.32 Å². The predicted octanol–water partition coefficient (Wildman–Crippen LogP) is 2.07. The minimum atomic E-state index is -0.192. The molecule has 0 radical (unpaired) electrons. The second-order valence-electron chi connectivity index (χ2n) is 4.30. The zero-order chi connectivity index (χ0) is 14.0. The first-order chi connectivity index (χ1) is 8.99. The summed E-state index contributed by atoms with van der Waals surface area (Å²) in [4.78, 5) is 11.0. The summed E-state index contributed by atoms with van der Waals surface area (Å²) in [5.74, 6) is 0.192. The summed E-state index contributed by atoms with van der Waals surface area (Å²) in [7, 11) is 0. The van der Waals surface area contributed by atoms with Crippen LogP contribution in [0.1, 0.15) is 25.1 Å². The number of nitrogens with one attached hydrogen (secondary N) is 1. The summed E-state index contributed by atoms with van der Waals surface area (Å²) in [5.41, 5.74) is 2.05. The van der Waals surface area contributed by atoms with E-state index in [4.69, 9.17) is 11.6 Å². The van der Waals surface area contributed by atoms with E-state index in [0.717, 1.165) is 17.8 Å². The minimum Gasteiger partial charge on any atom is -0.308 e. The summed E-state index contributed by atoms with van der Waals surface area (Å²) < 4.78 is 3.57. The van der Waals surface area contributed by atoms with E-state index in [-0.39, 0.29) is 5.91 Å². The van der Waals surface area contributed by atoms with Crippen molar-refractivity contribution >= 4 is 23.3 Å². The summed E-state index contributed by atoms with van der Waals surface area (Å²) >= 11 is 6.01. The zero-order valence-electron chi connectivity index (χ0n) is 11.1. The molecule has 102 valence electrons. The van der Waals surface area contributed by atoms with E-state index in [1.807, 2.05) is 24.7 Å². The van der Waals surface area contributed by atoms with E-state index in [1.165, 1.54) is 6.92 Å². The van der Waals surface area contributed by atoms with Gasteiger partial charge in [0.25, 0.3) is 0 Å². The Morgan fingerprint density at radius 1 is 1.37 bits per heavy atom. The molecular weight excluding hydrogens is 266 g/mol. The number of aryl methyl sites for hydroxylation is 2. The lowest BCUT2D eigenvalue weighted by Crippen LogP contribution is -2.08. The van der Waals surface area contributed by atoms with Crippen LogP contribution >= 0.6 is 11.6 Å². The van der Waals surface area contributed by atoms with E-state index in [2.05, 4.69) is 15.5 Å². The lowest BCUT2D eigenvalue weighted by atomic mass is 10.3. The minimum absolute atomic E-state index is 0.192. The van der Waals surface area contributed by atoms with Gasteiger partial charge in [0.2, 0.25) is 5.91 Å². The number of hydrogen-bond acceptors (Lipinski definition) is 3. The largest absolute Gasteiger partial charge is 0.308 e. The van der Waals surface area contributed by atoms with E-state index in [1.54, 1.807) is 10.9 Å². The molecule has 7 heteroatoms. The number of rotatable bonds is 4. The van der Waals surface area contributed by atoms with E-state index < -0.39 is 0 Å². The van der Waals surface area contributed by atoms with Gasteiger partial charge in [-0.3, -0.25) is 14.2 Å². The normalized spacial score (nSPS) is 10.7. The molecule has 0 saturated heterocycles. The van der Waals surface area contributed by atoms with Crippen LogP contribution < -0.4 is 5.32 Å². The topological polar surface area (TPSA) is 64.7 Å². The third-order valence-corrected chi connectivity index (χ3v) is 2.99. The first kappa shape index (κ1) is 13.6. The number of amides is 1. The average Bonchev–Trinajstić information content (AvgIpc) is 2.84. The maximum absolute atomic E-state index is 11.0. The summed E-state index contributed by atoms with van der Waals surface area (Å²) in [5, 5.41) is 11.6. The average molecular weight is 282 g/mol. The molecule has 0 aliphatic carbocycles. The number of anilines is 1. The summed E-state index contributed by atoms with van der Waals surface area (Å²) in [6, 6.07) is 0. The quantitative estimate of drug-likeness (QED) is 0.933. The molecule has 2 heterocycles. The Morgan fingerprint density at radius 3 is 2.68 bits per heavy atom. The molecule has 2 aromatic rings. The number of aromatic nitrogens is 4. The smallest absolute Gasteiger partial charge is 0.222 e. The van der Waals surface area contributed by atoms with Crippen LogP contribution in [0.25, 0.3) is 0 Å². The van der Waals surface area contributed by atoms with Gasteiger partial charge in [-0.1, -0.05) is 11.6 Å². The molecule has 0 spiro atoms. The number of nitrogens with zero attached hydrogens (tertiary/aromatic N) is 4. The molecule has 2 aromatic heterocycles. The Hall–Kier alpha value is -1.82. The molecule has 0 unspecified atom stereocenters. The highest BCUT2D eigenvalue weighted by molar-refractivity contribution is 6.33. The van der Waals surface area contributed by atoms with Crippen molar-refractivity contribution in [2.24, 2.45) is 0 Å². The zero-order valence-corrected chi connectivity index (χ0v) is 11.9. The molecule has 0 bridgehead atoms. The van der Waals surface area contributed by atoms with Crippen LogP contribution in [0.15, 0.2) is 12.4 Å². The van der Waals surface area contributed by atoms with Gasteiger partial charge in [-0.15, -0.1) is 0 Å². The van der Waals surface area contributed by atoms with Crippen LogP contribution in [-0.2, 0) is 17.9 Å². The van der Waals surface area contributed by atoms with Crippen LogP contribution in [-0.4, -0.2) is 25.5 Å². The first-order valence-corrected chi connectivity index (χ1v) is 6.41. The molecule has 19 heavy (non-hydrogen) atoms. The molecule has 0 aliphatic rings. The van der Waals surface area contributed by atoms with Crippen molar-refractivity contribution in [1.29, 1.82) is 0 Å². The van der Waals surface area contributed by atoms with Gasteiger partial charge in [0, 0.05) is 31.4 Å². The fraction of sp³-hybridized carbons (Fsp3) is 0.417. The van der Waals surface area contributed by atoms with Crippen molar-refractivity contribution in [1.82, 2.24) is 19.6 Å². The lowest BCUT2D eigenvalue weighted by molar-refractivity contribution is -0.114. The van der Waals surface area contributed by atoms with Crippen LogP contribution in [0, 0.1) is 6.92 Å². The Balaban J connectivity index is 2.18. The molecule has 0 aromatic carbocycles. The lowest BCUT2D eigenvalue weighted by Gasteiger charge is -1.99. The maximum Gasteiger partial charge on any atom is 0.222 e. The van der Waals surface area contributed by atoms with E-state index in [0.29, 0.717) is 17.4 Å². The van der Waals surface area contributed by atoms with Crippen molar-refractivity contribution in [3.63, 3.8) is 0 Å². The monoisotopic (exact) mass is 281 g/mol. The van der Waals surface area contributed by atoms with Gasteiger partial charge in [-0.2, -0.15) is 10.2 Å². The maximum atomic E-state index is 11.0. The van der Waals surface area contributed by atoms with Gasteiger partial charge in [0.15, 0.2) is 5.82 Å². The fourth-order valence-electron chi connectivity index (χ4n) is 1.78. The molecule has 0 atom stereocenters.